The number of nitrogens with zero attached hydrogens (tertiary/aromatic N) is 2. The van der Waals surface area contributed by atoms with Gasteiger partial charge >= 0.3 is 0 Å². The first-order chi connectivity index (χ1) is 6.27. The standard InChI is InChI=1S/C11H10N2/c1-9(5-6-12)11-4-2-3-10(7-11)8-13/h2-4,7,9H,5H2,1H3. The molecule has 1 atom stereocenters. The molecule has 0 heterocycles. The van der Waals surface area contributed by atoms with Crippen LogP contribution >= 0.6 is 0 Å². The maximum absolute atomic E-state index is 8.66. The topological polar surface area (TPSA) is 47.6 Å². The third-order valence-electron chi connectivity index (χ3n) is 1.98. The molecule has 0 N–H and O–H groups in total. The van der Waals surface area contributed by atoms with Crippen molar-refractivity contribution < 1.29 is 0 Å². The monoisotopic (exact) mass is 170 g/mol. The maximum Gasteiger partial charge on any atom is 0.0991 e. The number of hydrogen-bond donors (Lipinski definition) is 0. The van der Waals surface area contributed by atoms with E-state index in [0.29, 0.717) is 12.0 Å². The molecule has 0 amide bonds. The first-order valence-corrected chi connectivity index (χ1v) is 4.15. The third-order valence-corrected chi connectivity index (χ3v) is 1.98. The van der Waals surface area contributed by atoms with E-state index in [1.807, 2.05) is 25.1 Å². The van der Waals surface area contributed by atoms with Crippen LogP contribution in [-0.4, -0.2) is 0 Å². The Morgan fingerprint density at radius 3 is 2.77 bits per heavy atom. The van der Waals surface area contributed by atoms with Crippen molar-refractivity contribution in [2.75, 3.05) is 0 Å². The molecular formula is C11H10N2. The van der Waals surface area contributed by atoms with Crippen LogP contribution < -0.4 is 0 Å². The van der Waals surface area contributed by atoms with Gasteiger partial charge in [0.15, 0.2) is 0 Å². The van der Waals surface area contributed by atoms with Crippen molar-refractivity contribution in [1.29, 1.82) is 10.5 Å². The third kappa shape index (κ3) is 2.32. The second-order valence-electron chi connectivity index (χ2n) is 3.00. The van der Waals surface area contributed by atoms with E-state index in [2.05, 4.69) is 12.1 Å². The fraction of sp³-hybridized carbons (Fsp3) is 0.273. The zero-order chi connectivity index (χ0) is 9.68. The largest absolute Gasteiger partial charge is 0.198 e. The summed E-state index contributed by atoms with van der Waals surface area (Å²) >= 11 is 0. The van der Waals surface area contributed by atoms with Gasteiger partial charge < -0.3 is 0 Å². The van der Waals surface area contributed by atoms with Crippen LogP contribution in [0.4, 0.5) is 0 Å². The highest BCUT2D eigenvalue weighted by Crippen LogP contribution is 2.18. The molecule has 2 heteroatoms. The molecule has 0 fully saturated rings. The highest BCUT2D eigenvalue weighted by Gasteiger charge is 2.04. The van der Waals surface area contributed by atoms with E-state index < -0.39 is 0 Å². The molecule has 0 bridgehead atoms. The second kappa shape index (κ2) is 4.28. The first-order valence-electron chi connectivity index (χ1n) is 4.15. The molecule has 0 aromatic heterocycles. The molecule has 13 heavy (non-hydrogen) atoms. The van der Waals surface area contributed by atoms with Crippen molar-refractivity contribution in [3.8, 4) is 12.1 Å². The minimum absolute atomic E-state index is 0.207. The Labute approximate surface area is 78.0 Å². The van der Waals surface area contributed by atoms with Gasteiger partial charge in [-0.2, -0.15) is 10.5 Å². The van der Waals surface area contributed by atoms with E-state index in [-0.39, 0.29) is 5.92 Å². The van der Waals surface area contributed by atoms with Gasteiger partial charge in [-0.05, 0) is 23.6 Å². The number of nitriles is 2. The van der Waals surface area contributed by atoms with Crippen molar-refractivity contribution in [2.45, 2.75) is 19.3 Å². The van der Waals surface area contributed by atoms with Gasteiger partial charge in [-0.25, -0.2) is 0 Å². The molecule has 0 aliphatic heterocycles. The number of benzene rings is 1. The normalized spacial score (nSPS) is 11.3. The molecule has 0 saturated carbocycles. The van der Waals surface area contributed by atoms with Crippen LogP contribution in [0.3, 0.4) is 0 Å². The molecule has 1 rings (SSSR count). The van der Waals surface area contributed by atoms with Crippen molar-refractivity contribution in [1.82, 2.24) is 0 Å². The smallest absolute Gasteiger partial charge is 0.0991 e. The zero-order valence-corrected chi connectivity index (χ0v) is 7.49. The Morgan fingerprint density at radius 1 is 1.38 bits per heavy atom. The Balaban J connectivity index is 2.91. The Kier molecular flexibility index (Phi) is 3.06. The number of rotatable bonds is 2. The van der Waals surface area contributed by atoms with E-state index in [9.17, 15) is 0 Å². The summed E-state index contributed by atoms with van der Waals surface area (Å²) in [5.74, 6) is 0.207. The maximum atomic E-state index is 8.66. The van der Waals surface area contributed by atoms with Crippen LogP contribution in [0.2, 0.25) is 0 Å². The molecule has 0 aliphatic carbocycles. The molecule has 0 aliphatic rings. The molecule has 1 aromatic carbocycles. The lowest BCUT2D eigenvalue weighted by atomic mass is 9.97. The lowest BCUT2D eigenvalue weighted by molar-refractivity contribution is 0.788. The molecule has 0 spiro atoms. The molecule has 2 nitrogen and oxygen atoms in total. The predicted octanol–water partition coefficient (Wildman–Crippen LogP) is 2.58. The first kappa shape index (κ1) is 9.29. The van der Waals surface area contributed by atoms with Gasteiger partial charge in [0.25, 0.3) is 0 Å². The minimum Gasteiger partial charge on any atom is -0.198 e. The Morgan fingerprint density at radius 2 is 2.15 bits per heavy atom. The highest BCUT2D eigenvalue weighted by atomic mass is 14.3. The fourth-order valence-electron chi connectivity index (χ4n) is 1.17. The summed E-state index contributed by atoms with van der Waals surface area (Å²) in [4.78, 5) is 0. The van der Waals surface area contributed by atoms with Crippen LogP contribution in [0.15, 0.2) is 24.3 Å². The van der Waals surface area contributed by atoms with Crippen LogP contribution in [0.5, 0.6) is 0 Å². The molecule has 1 unspecified atom stereocenters. The van der Waals surface area contributed by atoms with Crippen LogP contribution in [0.25, 0.3) is 0 Å². The summed E-state index contributed by atoms with van der Waals surface area (Å²) in [6.45, 7) is 1.99. The van der Waals surface area contributed by atoms with Gasteiger partial charge in [-0.1, -0.05) is 19.1 Å². The Hall–Kier alpha value is -1.80. The Bertz CT molecular complexity index is 368. The zero-order valence-electron chi connectivity index (χ0n) is 7.49. The lowest BCUT2D eigenvalue weighted by Gasteiger charge is -2.06. The molecule has 0 saturated heterocycles. The number of hydrogen-bond acceptors (Lipinski definition) is 2. The van der Waals surface area contributed by atoms with Crippen LogP contribution in [-0.2, 0) is 0 Å². The van der Waals surface area contributed by atoms with Gasteiger partial charge in [0.1, 0.15) is 0 Å². The fourth-order valence-corrected chi connectivity index (χ4v) is 1.17. The van der Waals surface area contributed by atoms with Gasteiger partial charge in [0, 0.05) is 6.42 Å². The summed E-state index contributed by atoms with van der Waals surface area (Å²) in [5.41, 5.74) is 1.71. The summed E-state index contributed by atoms with van der Waals surface area (Å²) in [7, 11) is 0. The van der Waals surface area contributed by atoms with E-state index in [4.69, 9.17) is 10.5 Å². The van der Waals surface area contributed by atoms with E-state index in [0.717, 1.165) is 5.56 Å². The molecule has 0 radical (unpaired) electrons. The summed E-state index contributed by atoms with van der Waals surface area (Å²) < 4.78 is 0. The van der Waals surface area contributed by atoms with Crippen molar-refractivity contribution >= 4 is 0 Å². The summed E-state index contributed by atoms with van der Waals surface area (Å²) in [5, 5.41) is 17.2. The predicted molar refractivity (Wildman–Crippen MR) is 49.8 cm³/mol. The van der Waals surface area contributed by atoms with Crippen LogP contribution in [0.1, 0.15) is 30.4 Å². The molecule has 1 aromatic rings. The van der Waals surface area contributed by atoms with E-state index >= 15 is 0 Å². The minimum atomic E-state index is 0.207. The average molecular weight is 170 g/mol. The van der Waals surface area contributed by atoms with Crippen LogP contribution in [0, 0.1) is 22.7 Å². The average Bonchev–Trinajstić information content (AvgIpc) is 2.18. The lowest BCUT2D eigenvalue weighted by Crippen LogP contribution is -1.92. The van der Waals surface area contributed by atoms with E-state index in [1.165, 1.54) is 0 Å². The van der Waals surface area contributed by atoms with Crippen molar-refractivity contribution in [3.05, 3.63) is 35.4 Å². The molecular weight excluding hydrogens is 160 g/mol. The van der Waals surface area contributed by atoms with Crippen molar-refractivity contribution in [2.24, 2.45) is 0 Å². The van der Waals surface area contributed by atoms with Gasteiger partial charge in [0.2, 0.25) is 0 Å². The van der Waals surface area contributed by atoms with E-state index in [1.54, 1.807) is 6.07 Å². The van der Waals surface area contributed by atoms with Gasteiger partial charge in [0.05, 0.1) is 17.7 Å². The quantitative estimate of drug-likeness (QED) is 0.684. The van der Waals surface area contributed by atoms with Crippen molar-refractivity contribution in [3.63, 3.8) is 0 Å². The van der Waals surface area contributed by atoms with Gasteiger partial charge in [-0.3, -0.25) is 0 Å². The SMILES string of the molecule is CC(CC#N)c1cccc(C#N)c1. The summed E-state index contributed by atoms with van der Waals surface area (Å²) in [6.07, 6.45) is 0.495. The summed E-state index contributed by atoms with van der Waals surface area (Å²) in [6, 6.07) is 11.6. The highest BCUT2D eigenvalue weighted by molar-refractivity contribution is 5.34. The molecule has 64 valence electrons. The van der Waals surface area contributed by atoms with Gasteiger partial charge in [-0.15, -0.1) is 0 Å². The second-order valence-corrected chi connectivity index (χ2v) is 3.00.